The predicted octanol–water partition coefficient (Wildman–Crippen LogP) is 5.79. The van der Waals surface area contributed by atoms with Gasteiger partial charge in [-0.15, -0.1) is 0 Å². The number of fused-ring (bicyclic) bond motifs is 6. The lowest BCUT2D eigenvalue weighted by molar-refractivity contribution is 0.0824. The monoisotopic (exact) mass is 310 g/mol. The van der Waals surface area contributed by atoms with Crippen molar-refractivity contribution >= 4 is 0 Å². The number of rotatable bonds is 1. The lowest BCUT2D eigenvalue weighted by atomic mass is 9.52. The summed E-state index contributed by atoms with van der Waals surface area (Å²) >= 11 is 0. The van der Waals surface area contributed by atoms with Crippen LogP contribution in [0.25, 0.3) is 0 Å². The van der Waals surface area contributed by atoms with Crippen LogP contribution >= 0.6 is 0 Å². The molecule has 0 heterocycles. The standard InChI is InChI=1S/C22H30O/c1-20-9-6-16(23-3)14-15(20)4-5-17-18(20)7-10-21(2)19(17)8-11-22(21)12-13-22/h4,7,14,17,19H,5-6,8-13H2,1-3H3/t17?,19?,20-,21-/m0/s1. The van der Waals surface area contributed by atoms with E-state index in [2.05, 4.69) is 32.1 Å². The molecule has 1 heteroatoms. The maximum absolute atomic E-state index is 5.54. The van der Waals surface area contributed by atoms with E-state index in [1.165, 1.54) is 56.3 Å². The Kier molecular flexibility index (Phi) is 2.72. The van der Waals surface area contributed by atoms with Gasteiger partial charge in [0.2, 0.25) is 0 Å². The summed E-state index contributed by atoms with van der Waals surface area (Å²) in [5.74, 6) is 2.93. The van der Waals surface area contributed by atoms with E-state index in [4.69, 9.17) is 4.74 Å². The van der Waals surface area contributed by atoms with E-state index in [9.17, 15) is 0 Å². The molecule has 124 valence electrons. The molecule has 0 aromatic heterocycles. The van der Waals surface area contributed by atoms with E-state index in [1.807, 2.05) is 7.11 Å². The number of methoxy groups -OCH3 is 1. The Morgan fingerprint density at radius 1 is 1.09 bits per heavy atom. The van der Waals surface area contributed by atoms with E-state index in [1.54, 1.807) is 5.57 Å². The predicted molar refractivity (Wildman–Crippen MR) is 93.8 cm³/mol. The summed E-state index contributed by atoms with van der Waals surface area (Å²) in [6.07, 6.45) is 18.5. The van der Waals surface area contributed by atoms with Crippen LogP contribution in [0.3, 0.4) is 0 Å². The molecular formula is C22H30O. The first-order valence-corrected chi connectivity index (χ1v) is 9.68. The molecule has 23 heavy (non-hydrogen) atoms. The summed E-state index contributed by atoms with van der Waals surface area (Å²) in [5.41, 5.74) is 4.95. The Bertz CT molecular complexity index is 647. The summed E-state index contributed by atoms with van der Waals surface area (Å²) in [4.78, 5) is 0. The molecule has 0 aromatic rings. The first-order valence-electron chi connectivity index (χ1n) is 9.68. The van der Waals surface area contributed by atoms with Gasteiger partial charge in [-0.3, -0.25) is 0 Å². The number of hydrogen-bond donors (Lipinski definition) is 0. The highest BCUT2D eigenvalue weighted by atomic mass is 16.5. The van der Waals surface area contributed by atoms with Gasteiger partial charge in [-0.05, 0) is 79.3 Å². The molecule has 0 bridgehead atoms. The normalized spacial score (nSPS) is 46.1. The van der Waals surface area contributed by atoms with Crippen molar-refractivity contribution in [2.75, 3.05) is 7.11 Å². The van der Waals surface area contributed by atoms with Crippen molar-refractivity contribution in [2.45, 2.75) is 65.2 Å². The topological polar surface area (TPSA) is 9.23 Å². The Balaban J connectivity index is 1.56. The smallest absolute Gasteiger partial charge is 0.0958 e. The molecule has 0 aromatic carbocycles. The lowest BCUT2D eigenvalue weighted by Crippen LogP contribution is -2.43. The van der Waals surface area contributed by atoms with E-state index in [-0.39, 0.29) is 5.41 Å². The van der Waals surface area contributed by atoms with Crippen LogP contribution in [0.2, 0.25) is 0 Å². The van der Waals surface area contributed by atoms with E-state index >= 15 is 0 Å². The van der Waals surface area contributed by atoms with Gasteiger partial charge in [-0.1, -0.05) is 31.6 Å². The molecule has 5 aliphatic rings. The SMILES string of the molecule is COC1=CC2=CCC3C(=CC[C@@]4(C)C3CCC43CC3)[C@@]2(C)CC1. The minimum Gasteiger partial charge on any atom is -0.501 e. The summed E-state index contributed by atoms with van der Waals surface area (Å²) in [7, 11) is 1.82. The van der Waals surface area contributed by atoms with Crippen molar-refractivity contribution in [2.24, 2.45) is 28.1 Å². The van der Waals surface area contributed by atoms with Crippen molar-refractivity contribution in [3.63, 3.8) is 0 Å². The van der Waals surface area contributed by atoms with E-state index < -0.39 is 0 Å². The zero-order valence-corrected chi connectivity index (χ0v) is 15.0. The molecule has 2 unspecified atom stereocenters. The first kappa shape index (κ1) is 14.4. The van der Waals surface area contributed by atoms with Crippen LogP contribution < -0.4 is 0 Å². The van der Waals surface area contributed by atoms with Gasteiger partial charge < -0.3 is 4.74 Å². The zero-order valence-electron chi connectivity index (χ0n) is 15.0. The molecule has 0 saturated heterocycles. The average molecular weight is 310 g/mol. The van der Waals surface area contributed by atoms with Gasteiger partial charge >= 0.3 is 0 Å². The van der Waals surface area contributed by atoms with E-state index in [0.717, 1.165) is 23.7 Å². The van der Waals surface area contributed by atoms with Crippen LogP contribution in [0.4, 0.5) is 0 Å². The van der Waals surface area contributed by atoms with Crippen molar-refractivity contribution in [1.82, 2.24) is 0 Å². The third kappa shape index (κ3) is 1.64. The van der Waals surface area contributed by atoms with Crippen LogP contribution in [-0.4, -0.2) is 7.11 Å². The minimum absolute atomic E-state index is 0.283. The fourth-order valence-electron chi connectivity index (χ4n) is 6.96. The van der Waals surface area contributed by atoms with Crippen molar-refractivity contribution in [3.8, 4) is 0 Å². The maximum atomic E-state index is 5.54. The Labute approximate surface area is 140 Å². The quantitative estimate of drug-likeness (QED) is 0.557. The molecule has 0 radical (unpaired) electrons. The minimum atomic E-state index is 0.283. The molecule has 0 amide bonds. The number of ether oxygens (including phenoxy) is 1. The molecule has 2 saturated carbocycles. The average Bonchev–Trinajstić information content (AvgIpc) is 3.28. The van der Waals surface area contributed by atoms with Crippen LogP contribution in [0.1, 0.15) is 65.2 Å². The molecule has 1 spiro atoms. The molecule has 5 aliphatic carbocycles. The second-order valence-corrected chi connectivity index (χ2v) is 9.36. The van der Waals surface area contributed by atoms with E-state index in [0.29, 0.717) is 5.41 Å². The Hall–Kier alpha value is -0.980. The summed E-state index contributed by atoms with van der Waals surface area (Å²) < 4.78 is 5.54. The molecule has 1 nitrogen and oxygen atoms in total. The van der Waals surface area contributed by atoms with Gasteiger partial charge in [0.15, 0.2) is 0 Å². The van der Waals surface area contributed by atoms with Gasteiger partial charge in [0.1, 0.15) is 0 Å². The molecule has 0 N–H and O–H groups in total. The molecule has 2 fully saturated rings. The lowest BCUT2D eigenvalue weighted by Gasteiger charge is -2.52. The largest absolute Gasteiger partial charge is 0.501 e. The zero-order chi connectivity index (χ0) is 15.9. The third-order valence-electron chi connectivity index (χ3n) is 8.76. The van der Waals surface area contributed by atoms with Gasteiger partial charge in [0.05, 0.1) is 12.9 Å². The second-order valence-electron chi connectivity index (χ2n) is 9.36. The fourth-order valence-corrected chi connectivity index (χ4v) is 6.96. The number of allylic oxidation sites excluding steroid dienone is 6. The van der Waals surface area contributed by atoms with Gasteiger partial charge in [-0.2, -0.15) is 0 Å². The highest BCUT2D eigenvalue weighted by molar-refractivity contribution is 5.45. The van der Waals surface area contributed by atoms with Crippen molar-refractivity contribution in [3.05, 3.63) is 35.1 Å². The number of hydrogen-bond acceptors (Lipinski definition) is 1. The third-order valence-corrected chi connectivity index (χ3v) is 8.76. The van der Waals surface area contributed by atoms with Crippen molar-refractivity contribution < 1.29 is 4.74 Å². The molecule has 5 rings (SSSR count). The van der Waals surface area contributed by atoms with Crippen LogP contribution in [-0.2, 0) is 4.74 Å². The molecule has 4 atom stereocenters. The summed E-state index contributed by atoms with van der Waals surface area (Å²) in [6.45, 7) is 5.14. The van der Waals surface area contributed by atoms with Crippen LogP contribution in [0, 0.1) is 28.1 Å². The Morgan fingerprint density at radius 2 is 1.91 bits per heavy atom. The van der Waals surface area contributed by atoms with Crippen LogP contribution in [0.15, 0.2) is 35.1 Å². The van der Waals surface area contributed by atoms with Gasteiger partial charge in [-0.25, -0.2) is 0 Å². The van der Waals surface area contributed by atoms with Crippen LogP contribution in [0.5, 0.6) is 0 Å². The second kappa shape index (κ2) is 4.35. The van der Waals surface area contributed by atoms with Gasteiger partial charge in [0, 0.05) is 11.8 Å². The summed E-state index contributed by atoms with van der Waals surface area (Å²) in [6, 6.07) is 0. The summed E-state index contributed by atoms with van der Waals surface area (Å²) in [5, 5.41) is 0. The highest BCUT2D eigenvalue weighted by Crippen LogP contribution is 2.75. The fraction of sp³-hybridized carbons (Fsp3) is 0.727. The first-order chi connectivity index (χ1) is 11.0. The highest BCUT2D eigenvalue weighted by Gasteiger charge is 2.66. The maximum Gasteiger partial charge on any atom is 0.0958 e. The van der Waals surface area contributed by atoms with Crippen molar-refractivity contribution in [1.29, 1.82) is 0 Å². The molecule has 0 aliphatic heterocycles. The van der Waals surface area contributed by atoms with Gasteiger partial charge in [0.25, 0.3) is 0 Å². The Morgan fingerprint density at radius 3 is 2.65 bits per heavy atom. The molecular weight excluding hydrogens is 280 g/mol.